The maximum absolute atomic E-state index is 5.89. The molecule has 1 heterocycles. The number of nitrogens with zero attached hydrogens (tertiary/aromatic N) is 2. The first-order chi connectivity index (χ1) is 14.3. The molecule has 0 aliphatic rings. The quantitative estimate of drug-likeness (QED) is 0.184. The zero-order valence-electron chi connectivity index (χ0n) is 17.4. The standard InChI is InChI=1S/C23H28N4O2.HI/c1-18(19-10-5-3-6-11-19)28-15-9-14-25-23(24-2)26-16-21-17-29-22(27-21)20-12-7-4-8-13-20;/h3-8,10-13,17-18H,9,14-16H2,1-2H3,(H2,24,25,26);1H. The number of aromatic nitrogens is 1. The van der Waals surface area contributed by atoms with Gasteiger partial charge in [-0.1, -0.05) is 48.5 Å². The lowest BCUT2D eigenvalue weighted by Gasteiger charge is -2.14. The second kappa shape index (κ2) is 13.0. The van der Waals surface area contributed by atoms with Crippen molar-refractivity contribution >= 4 is 29.9 Å². The van der Waals surface area contributed by atoms with Crippen LogP contribution in [0.5, 0.6) is 0 Å². The van der Waals surface area contributed by atoms with Crippen LogP contribution in [0.25, 0.3) is 11.5 Å². The molecule has 0 aliphatic heterocycles. The molecule has 3 aromatic rings. The van der Waals surface area contributed by atoms with Crippen LogP contribution in [-0.4, -0.2) is 31.1 Å². The van der Waals surface area contributed by atoms with Gasteiger partial charge in [-0.25, -0.2) is 4.98 Å². The number of hydrogen-bond acceptors (Lipinski definition) is 4. The van der Waals surface area contributed by atoms with Crippen molar-refractivity contribution < 1.29 is 9.15 Å². The summed E-state index contributed by atoms with van der Waals surface area (Å²) in [7, 11) is 1.75. The monoisotopic (exact) mass is 520 g/mol. The van der Waals surface area contributed by atoms with Gasteiger partial charge in [0.05, 0.1) is 18.3 Å². The highest BCUT2D eigenvalue weighted by Crippen LogP contribution is 2.18. The van der Waals surface area contributed by atoms with Crippen molar-refractivity contribution in [1.82, 2.24) is 15.6 Å². The van der Waals surface area contributed by atoms with Gasteiger partial charge in [-0.05, 0) is 31.0 Å². The highest BCUT2D eigenvalue weighted by atomic mass is 127. The molecule has 6 nitrogen and oxygen atoms in total. The summed E-state index contributed by atoms with van der Waals surface area (Å²) < 4.78 is 11.5. The van der Waals surface area contributed by atoms with Gasteiger partial charge in [-0.15, -0.1) is 24.0 Å². The van der Waals surface area contributed by atoms with E-state index in [1.165, 1.54) is 5.56 Å². The Bertz CT molecular complexity index is 884. The van der Waals surface area contributed by atoms with E-state index in [2.05, 4.69) is 39.7 Å². The summed E-state index contributed by atoms with van der Waals surface area (Å²) in [5, 5.41) is 6.54. The Balaban J connectivity index is 0.00000320. The van der Waals surface area contributed by atoms with E-state index in [-0.39, 0.29) is 30.1 Å². The lowest BCUT2D eigenvalue weighted by atomic mass is 10.1. The second-order valence-electron chi connectivity index (χ2n) is 6.64. The van der Waals surface area contributed by atoms with Crippen molar-refractivity contribution in [2.24, 2.45) is 4.99 Å². The largest absolute Gasteiger partial charge is 0.444 e. The molecule has 2 N–H and O–H groups in total. The minimum atomic E-state index is 0. The topological polar surface area (TPSA) is 71.7 Å². The van der Waals surface area contributed by atoms with Crippen molar-refractivity contribution in [2.75, 3.05) is 20.2 Å². The summed E-state index contributed by atoms with van der Waals surface area (Å²) in [6.07, 6.45) is 2.65. The third kappa shape index (κ3) is 7.46. The minimum Gasteiger partial charge on any atom is -0.444 e. The van der Waals surface area contributed by atoms with Crippen molar-refractivity contribution in [2.45, 2.75) is 26.0 Å². The smallest absolute Gasteiger partial charge is 0.226 e. The first-order valence-corrected chi connectivity index (χ1v) is 9.87. The molecule has 1 atom stereocenters. The Morgan fingerprint density at radius 1 is 1.07 bits per heavy atom. The number of hydrogen-bond donors (Lipinski definition) is 2. The van der Waals surface area contributed by atoms with E-state index in [0.717, 1.165) is 30.2 Å². The Morgan fingerprint density at radius 2 is 1.77 bits per heavy atom. The van der Waals surface area contributed by atoms with E-state index in [1.807, 2.05) is 48.5 Å². The summed E-state index contributed by atoms with van der Waals surface area (Å²) in [6, 6.07) is 20.1. The van der Waals surface area contributed by atoms with Crippen molar-refractivity contribution in [3.05, 3.63) is 78.2 Å². The van der Waals surface area contributed by atoms with E-state index in [9.17, 15) is 0 Å². The Hall–Kier alpha value is -2.39. The number of benzene rings is 2. The summed E-state index contributed by atoms with van der Waals surface area (Å²) >= 11 is 0. The van der Waals surface area contributed by atoms with Gasteiger partial charge >= 0.3 is 0 Å². The first kappa shape index (κ1) is 23.9. The van der Waals surface area contributed by atoms with Crippen LogP contribution < -0.4 is 10.6 Å². The molecule has 2 aromatic carbocycles. The number of rotatable bonds is 9. The van der Waals surface area contributed by atoms with Crippen LogP contribution in [0.1, 0.15) is 30.7 Å². The number of aliphatic imine (C=N–C) groups is 1. The van der Waals surface area contributed by atoms with Crippen molar-refractivity contribution in [3.63, 3.8) is 0 Å². The van der Waals surface area contributed by atoms with Gasteiger partial charge in [0.25, 0.3) is 0 Å². The number of guanidine groups is 1. The Kier molecular flexibility index (Phi) is 10.4. The van der Waals surface area contributed by atoms with Gasteiger partial charge in [0.15, 0.2) is 5.96 Å². The van der Waals surface area contributed by atoms with Gasteiger partial charge < -0.3 is 19.8 Å². The molecule has 0 bridgehead atoms. The normalized spacial score (nSPS) is 12.1. The zero-order valence-corrected chi connectivity index (χ0v) is 19.7. The van der Waals surface area contributed by atoms with Crippen molar-refractivity contribution in [3.8, 4) is 11.5 Å². The lowest BCUT2D eigenvalue weighted by Crippen LogP contribution is -2.37. The lowest BCUT2D eigenvalue weighted by molar-refractivity contribution is 0.0646. The van der Waals surface area contributed by atoms with Crippen LogP contribution in [0.15, 0.2) is 76.3 Å². The number of ether oxygens (including phenoxy) is 1. The van der Waals surface area contributed by atoms with E-state index in [0.29, 0.717) is 19.0 Å². The van der Waals surface area contributed by atoms with Crippen LogP contribution in [0.4, 0.5) is 0 Å². The van der Waals surface area contributed by atoms with E-state index < -0.39 is 0 Å². The SMILES string of the molecule is CN=C(NCCCOC(C)c1ccccc1)NCc1coc(-c2ccccc2)n1.I. The molecule has 1 aromatic heterocycles. The fourth-order valence-corrected chi connectivity index (χ4v) is 2.86. The predicted molar refractivity (Wildman–Crippen MR) is 131 cm³/mol. The highest BCUT2D eigenvalue weighted by molar-refractivity contribution is 14.0. The Morgan fingerprint density at radius 3 is 2.47 bits per heavy atom. The Labute approximate surface area is 195 Å². The molecule has 3 rings (SSSR count). The van der Waals surface area contributed by atoms with Gasteiger partial charge in [0.1, 0.15) is 6.26 Å². The number of oxazole rings is 1. The molecule has 7 heteroatoms. The van der Waals surface area contributed by atoms with E-state index in [1.54, 1.807) is 13.3 Å². The molecule has 0 aliphatic carbocycles. The second-order valence-corrected chi connectivity index (χ2v) is 6.64. The average Bonchev–Trinajstić information content (AvgIpc) is 3.26. The van der Waals surface area contributed by atoms with Crippen LogP contribution in [-0.2, 0) is 11.3 Å². The summed E-state index contributed by atoms with van der Waals surface area (Å²) in [6.45, 7) is 4.07. The van der Waals surface area contributed by atoms with Gasteiger partial charge in [-0.2, -0.15) is 0 Å². The van der Waals surface area contributed by atoms with Crippen LogP contribution >= 0.6 is 24.0 Å². The van der Waals surface area contributed by atoms with Gasteiger partial charge in [0.2, 0.25) is 5.89 Å². The van der Waals surface area contributed by atoms with E-state index >= 15 is 0 Å². The number of nitrogens with one attached hydrogen (secondary N) is 2. The molecule has 1 unspecified atom stereocenters. The van der Waals surface area contributed by atoms with Gasteiger partial charge in [-0.3, -0.25) is 4.99 Å². The van der Waals surface area contributed by atoms with Crippen LogP contribution in [0.3, 0.4) is 0 Å². The van der Waals surface area contributed by atoms with Crippen molar-refractivity contribution in [1.29, 1.82) is 0 Å². The van der Waals surface area contributed by atoms with Gasteiger partial charge in [0, 0.05) is 25.8 Å². The third-order valence-electron chi connectivity index (χ3n) is 4.48. The van der Waals surface area contributed by atoms with Crippen LogP contribution in [0.2, 0.25) is 0 Å². The summed E-state index contributed by atoms with van der Waals surface area (Å²) in [4.78, 5) is 8.76. The molecule has 0 saturated heterocycles. The molecule has 160 valence electrons. The first-order valence-electron chi connectivity index (χ1n) is 9.87. The molecule has 0 spiro atoms. The number of halogens is 1. The van der Waals surface area contributed by atoms with Crippen LogP contribution in [0, 0.1) is 0 Å². The maximum Gasteiger partial charge on any atom is 0.226 e. The molecular weight excluding hydrogens is 491 g/mol. The maximum atomic E-state index is 5.89. The minimum absolute atomic E-state index is 0. The summed E-state index contributed by atoms with van der Waals surface area (Å²) in [5.74, 6) is 1.35. The fraction of sp³-hybridized carbons (Fsp3) is 0.304. The molecule has 30 heavy (non-hydrogen) atoms. The van der Waals surface area contributed by atoms with E-state index in [4.69, 9.17) is 9.15 Å². The molecule has 0 radical (unpaired) electrons. The molecule has 0 fully saturated rings. The summed E-state index contributed by atoms with van der Waals surface area (Å²) in [5.41, 5.74) is 2.98. The molecule has 0 saturated carbocycles. The fourth-order valence-electron chi connectivity index (χ4n) is 2.86. The molecular formula is C23H29IN4O2. The predicted octanol–water partition coefficient (Wildman–Crippen LogP) is 4.79. The highest BCUT2D eigenvalue weighted by Gasteiger charge is 2.07. The third-order valence-corrected chi connectivity index (χ3v) is 4.48. The molecule has 0 amide bonds. The average molecular weight is 520 g/mol. The zero-order chi connectivity index (χ0) is 20.3.